The van der Waals surface area contributed by atoms with Gasteiger partial charge in [-0.15, -0.1) is 0 Å². The van der Waals surface area contributed by atoms with E-state index in [1.54, 1.807) is 55.3 Å². The molecule has 0 aliphatic rings. The number of nitrogens with zero attached hydrogens (tertiary/aromatic N) is 1. The Morgan fingerprint density at radius 1 is 1.00 bits per heavy atom. The van der Waals surface area contributed by atoms with Gasteiger partial charge in [-0.3, -0.25) is 14.5 Å². The van der Waals surface area contributed by atoms with Gasteiger partial charge in [-0.2, -0.15) is 0 Å². The molecule has 0 radical (unpaired) electrons. The number of hydrogen-bond acceptors (Lipinski definition) is 4. The van der Waals surface area contributed by atoms with E-state index in [0.717, 1.165) is 0 Å². The molecule has 2 aromatic carbocycles. The van der Waals surface area contributed by atoms with Crippen LogP contribution in [0.1, 0.15) is 12.5 Å². The number of aryl methyl sites for hydroxylation is 1. The number of benzene rings is 2. The van der Waals surface area contributed by atoms with Crippen molar-refractivity contribution in [3.05, 3.63) is 53.8 Å². The minimum atomic E-state index is -0.376. The zero-order valence-electron chi connectivity index (χ0n) is 15.7. The quantitative estimate of drug-likeness (QED) is 0.746. The maximum atomic E-state index is 13.6. The van der Waals surface area contributed by atoms with E-state index in [1.165, 1.54) is 6.07 Å². The van der Waals surface area contributed by atoms with Gasteiger partial charge in [0.15, 0.2) is 0 Å². The van der Waals surface area contributed by atoms with E-state index in [1.807, 2.05) is 6.92 Å². The first-order valence-corrected chi connectivity index (χ1v) is 8.63. The van der Waals surface area contributed by atoms with Crippen molar-refractivity contribution in [2.75, 3.05) is 37.4 Å². The molecule has 2 aromatic rings. The summed E-state index contributed by atoms with van der Waals surface area (Å²) in [6.07, 6.45) is 0. The fraction of sp³-hybridized carbons (Fsp3) is 0.300. The Morgan fingerprint density at radius 2 is 1.56 bits per heavy atom. The smallest absolute Gasteiger partial charge is 0.238 e. The summed E-state index contributed by atoms with van der Waals surface area (Å²) in [5, 5.41) is 5.42. The molecule has 0 aliphatic carbocycles. The predicted octanol–water partition coefficient (Wildman–Crippen LogP) is 3.04. The van der Waals surface area contributed by atoms with E-state index in [4.69, 9.17) is 4.74 Å². The van der Waals surface area contributed by atoms with Gasteiger partial charge < -0.3 is 15.4 Å². The Morgan fingerprint density at radius 3 is 2.07 bits per heavy atom. The van der Waals surface area contributed by atoms with Crippen molar-refractivity contribution in [2.24, 2.45) is 0 Å². The number of nitrogens with one attached hydrogen (secondary N) is 2. The Hall–Kier alpha value is -2.93. The fourth-order valence-corrected chi connectivity index (χ4v) is 2.43. The van der Waals surface area contributed by atoms with Crippen LogP contribution in [0.4, 0.5) is 15.8 Å². The summed E-state index contributed by atoms with van der Waals surface area (Å²) in [6, 6.07) is 11.5. The second-order valence-electron chi connectivity index (χ2n) is 6.09. The first-order valence-electron chi connectivity index (χ1n) is 8.63. The Bertz CT molecular complexity index is 794. The highest BCUT2D eigenvalue weighted by Crippen LogP contribution is 2.15. The van der Waals surface area contributed by atoms with Gasteiger partial charge >= 0.3 is 0 Å². The third kappa shape index (κ3) is 6.38. The summed E-state index contributed by atoms with van der Waals surface area (Å²) in [7, 11) is 1.57. The molecule has 0 unspecified atom stereocenters. The molecule has 0 saturated carbocycles. The normalized spacial score (nSPS) is 10.6. The van der Waals surface area contributed by atoms with Crippen LogP contribution in [0.3, 0.4) is 0 Å². The Kier molecular flexibility index (Phi) is 7.31. The largest absolute Gasteiger partial charge is 0.497 e. The van der Waals surface area contributed by atoms with Gasteiger partial charge in [0.1, 0.15) is 11.6 Å². The Labute approximate surface area is 158 Å². The third-order valence-corrected chi connectivity index (χ3v) is 4.01. The van der Waals surface area contributed by atoms with Gasteiger partial charge in [-0.1, -0.05) is 13.0 Å². The average molecular weight is 373 g/mol. The predicted molar refractivity (Wildman–Crippen MR) is 104 cm³/mol. The zero-order chi connectivity index (χ0) is 19.8. The van der Waals surface area contributed by atoms with Crippen molar-refractivity contribution in [1.29, 1.82) is 0 Å². The molecule has 0 saturated heterocycles. The molecule has 2 N–H and O–H groups in total. The number of carbonyl (C=O) groups excluding carboxylic acids is 2. The Balaban J connectivity index is 1.86. The van der Waals surface area contributed by atoms with Gasteiger partial charge in [-0.25, -0.2) is 4.39 Å². The highest BCUT2D eigenvalue weighted by molar-refractivity contribution is 5.94. The van der Waals surface area contributed by atoms with Crippen LogP contribution < -0.4 is 15.4 Å². The maximum Gasteiger partial charge on any atom is 0.238 e. The summed E-state index contributed by atoms with van der Waals surface area (Å²) < 4.78 is 18.6. The summed E-state index contributed by atoms with van der Waals surface area (Å²) in [4.78, 5) is 26.1. The molecule has 144 valence electrons. The van der Waals surface area contributed by atoms with Crippen LogP contribution in [0, 0.1) is 12.7 Å². The maximum absolute atomic E-state index is 13.6. The van der Waals surface area contributed by atoms with E-state index in [2.05, 4.69) is 10.6 Å². The highest BCUT2D eigenvalue weighted by atomic mass is 19.1. The summed E-state index contributed by atoms with van der Waals surface area (Å²) >= 11 is 0. The minimum absolute atomic E-state index is 0.0298. The monoisotopic (exact) mass is 373 g/mol. The number of methoxy groups -OCH3 is 1. The van der Waals surface area contributed by atoms with Gasteiger partial charge in [-0.05, 0) is 55.4 Å². The lowest BCUT2D eigenvalue weighted by Crippen LogP contribution is -2.38. The van der Waals surface area contributed by atoms with Crippen molar-refractivity contribution >= 4 is 23.2 Å². The molecule has 0 spiro atoms. The molecule has 0 fully saturated rings. The molecule has 0 heterocycles. The van der Waals surface area contributed by atoms with Crippen LogP contribution in [-0.4, -0.2) is 43.5 Å². The number of hydrogen-bond donors (Lipinski definition) is 2. The highest BCUT2D eigenvalue weighted by Gasteiger charge is 2.14. The third-order valence-electron chi connectivity index (χ3n) is 4.01. The van der Waals surface area contributed by atoms with Crippen LogP contribution in [0.5, 0.6) is 5.75 Å². The first kappa shape index (κ1) is 20.4. The van der Waals surface area contributed by atoms with E-state index >= 15 is 0 Å². The number of halogens is 1. The molecule has 0 bridgehead atoms. The molecule has 0 atom stereocenters. The first-order chi connectivity index (χ1) is 12.9. The molecule has 2 amide bonds. The number of likely N-dealkylation sites (N-methyl/N-ethyl adjacent to an activating group) is 1. The second kappa shape index (κ2) is 9.68. The zero-order valence-corrected chi connectivity index (χ0v) is 15.7. The van der Waals surface area contributed by atoms with Gasteiger partial charge in [0.05, 0.1) is 20.2 Å². The minimum Gasteiger partial charge on any atom is -0.497 e. The van der Waals surface area contributed by atoms with Crippen LogP contribution in [0.25, 0.3) is 0 Å². The average Bonchev–Trinajstić information content (AvgIpc) is 2.64. The number of amides is 2. The van der Waals surface area contributed by atoms with E-state index in [9.17, 15) is 14.0 Å². The molecule has 2 rings (SSSR count). The molecule has 7 heteroatoms. The number of carbonyl (C=O) groups is 2. The van der Waals surface area contributed by atoms with Crippen LogP contribution >= 0.6 is 0 Å². The van der Waals surface area contributed by atoms with Crippen LogP contribution in [0.2, 0.25) is 0 Å². The lowest BCUT2D eigenvalue weighted by Gasteiger charge is -2.19. The van der Waals surface area contributed by atoms with E-state index in [0.29, 0.717) is 29.2 Å². The summed E-state index contributed by atoms with van der Waals surface area (Å²) in [5.74, 6) is -0.208. The lowest BCUT2D eigenvalue weighted by molar-refractivity contribution is -0.119. The SMILES string of the molecule is CCN(CC(=O)Nc1ccc(OC)cc1)CC(=O)Nc1ccc(C)c(F)c1. The summed E-state index contributed by atoms with van der Waals surface area (Å²) in [5.41, 5.74) is 1.55. The number of anilines is 2. The number of rotatable bonds is 8. The van der Waals surface area contributed by atoms with Crippen LogP contribution in [-0.2, 0) is 9.59 Å². The molecule has 0 aromatic heterocycles. The molecular weight excluding hydrogens is 349 g/mol. The van der Waals surface area contributed by atoms with E-state index < -0.39 is 0 Å². The molecular formula is C20H24FN3O3. The standard InChI is InChI=1S/C20H24FN3O3/c1-4-24(12-19(25)22-15-7-9-17(27-3)10-8-15)13-20(26)23-16-6-5-14(2)18(21)11-16/h5-11H,4,12-13H2,1-3H3,(H,22,25)(H,23,26). The van der Waals surface area contributed by atoms with Crippen molar-refractivity contribution in [3.63, 3.8) is 0 Å². The van der Waals surface area contributed by atoms with E-state index in [-0.39, 0.29) is 30.7 Å². The van der Waals surface area contributed by atoms with Crippen molar-refractivity contribution in [2.45, 2.75) is 13.8 Å². The lowest BCUT2D eigenvalue weighted by atomic mass is 10.2. The van der Waals surface area contributed by atoms with Crippen LogP contribution in [0.15, 0.2) is 42.5 Å². The molecule has 6 nitrogen and oxygen atoms in total. The van der Waals surface area contributed by atoms with Crippen molar-refractivity contribution < 1.29 is 18.7 Å². The fourth-order valence-electron chi connectivity index (χ4n) is 2.43. The van der Waals surface area contributed by atoms with Gasteiger partial charge in [0.25, 0.3) is 0 Å². The van der Waals surface area contributed by atoms with Crippen molar-refractivity contribution in [3.8, 4) is 5.75 Å². The topological polar surface area (TPSA) is 70.7 Å². The molecule has 27 heavy (non-hydrogen) atoms. The number of ether oxygens (including phenoxy) is 1. The second-order valence-corrected chi connectivity index (χ2v) is 6.09. The van der Waals surface area contributed by atoms with Gasteiger partial charge in [0, 0.05) is 11.4 Å². The summed E-state index contributed by atoms with van der Waals surface area (Å²) in [6.45, 7) is 4.13. The van der Waals surface area contributed by atoms with Gasteiger partial charge in [0.2, 0.25) is 11.8 Å². The molecule has 0 aliphatic heterocycles. The van der Waals surface area contributed by atoms with Crippen molar-refractivity contribution in [1.82, 2.24) is 4.90 Å².